The van der Waals surface area contributed by atoms with Gasteiger partial charge in [0.1, 0.15) is 11.6 Å². The van der Waals surface area contributed by atoms with Gasteiger partial charge in [-0.05, 0) is 45.7 Å². The number of hydrogen-bond donors (Lipinski definition) is 1. The predicted octanol–water partition coefficient (Wildman–Crippen LogP) is 2.24. The highest BCUT2D eigenvalue weighted by atomic mass is 16.6. The van der Waals surface area contributed by atoms with E-state index in [1.165, 1.54) is 10.6 Å². The number of benzene rings is 1. The monoisotopic (exact) mass is 430 g/mol. The van der Waals surface area contributed by atoms with E-state index in [1.807, 2.05) is 23.1 Å². The predicted molar refractivity (Wildman–Crippen MR) is 119 cm³/mol. The molecule has 8 heteroatoms. The summed E-state index contributed by atoms with van der Waals surface area (Å²) in [5.41, 5.74) is 0.574. The number of hydrogen-bond acceptors (Lipinski definition) is 5. The quantitative estimate of drug-likeness (QED) is 0.775. The summed E-state index contributed by atoms with van der Waals surface area (Å²) in [4.78, 5) is 43.1. The van der Waals surface area contributed by atoms with Crippen LogP contribution in [-0.4, -0.2) is 78.6 Å². The van der Waals surface area contributed by atoms with Crippen LogP contribution in [0.3, 0.4) is 0 Å². The van der Waals surface area contributed by atoms with Crippen LogP contribution in [0, 0.1) is 0 Å². The largest absolute Gasteiger partial charge is 0.444 e. The molecular formula is C23H34N4O4. The zero-order valence-corrected chi connectivity index (χ0v) is 18.8. The summed E-state index contributed by atoms with van der Waals surface area (Å²) in [7, 11) is 0. The molecule has 0 aliphatic carbocycles. The highest BCUT2D eigenvalue weighted by molar-refractivity contribution is 5.86. The number of anilines is 1. The van der Waals surface area contributed by atoms with Gasteiger partial charge in [-0.1, -0.05) is 18.2 Å². The van der Waals surface area contributed by atoms with Crippen molar-refractivity contribution in [3.05, 3.63) is 30.3 Å². The lowest BCUT2D eigenvalue weighted by molar-refractivity contribution is -0.131. The van der Waals surface area contributed by atoms with Gasteiger partial charge in [-0.15, -0.1) is 0 Å². The van der Waals surface area contributed by atoms with Crippen molar-refractivity contribution in [3.63, 3.8) is 0 Å². The summed E-state index contributed by atoms with van der Waals surface area (Å²) in [6, 6.07) is 9.66. The van der Waals surface area contributed by atoms with Crippen LogP contribution in [0.15, 0.2) is 30.3 Å². The zero-order valence-electron chi connectivity index (χ0n) is 18.8. The van der Waals surface area contributed by atoms with Crippen LogP contribution in [0.4, 0.5) is 10.5 Å². The van der Waals surface area contributed by atoms with Gasteiger partial charge in [-0.3, -0.25) is 14.5 Å². The van der Waals surface area contributed by atoms with Gasteiger partial charge in [0, 0.05) is 51.4 Å². The average Bonchev–Trinajstić information content (AvgIpc) is 3.23. The molecule has 1 atom stereocenters. The molecule has 2 heterocycles. The summed E-state index contributed by atoms with van der Waals surface area (Å²) in [6.07, 6.45) is 1.18. The number of para-hydroxylation sites is 1. The first-order chi connectivity index (χ1) is 14.7. The first-order valence-electron chi connectivity index (χ1n) is 11.1. The van der Waals surface area contributed by atoms with Gasteiger partial charge in [0.25, 0.3) is 0 Å². The molecule has 2 aliphatic heterocycles. The van der Waals surface area contributed by atoms with Gasteiger partial charge >= 0.3 is 6.09 Å². The molecule has 170 valence electrons. The van der Waals surface area contributed by atoms with Crippen molar-refractivity contribution in [1.29, 1.82) is 0 Å². The average molecular weight is 431 g/mol. The Hall–Kier alpha value is -2.77. The second kappa shape index (κ2) is 10.0. The number of ether oxygens (including phenoxy) is 1. The van der Waals surface area contributed by atoms with Crippen LogP contribution in [0.2, 0.25) is 0 Å². The third kappa shape index (κ3) is 6.35. The Morgan fingerprint density at radius 2 is 1.71 bits per heavy atom. The molecule has 1 N–H and O–H groups in total. The Morgan fingerprint density at radius 3 is 2.35 bits per heavy atom. The summed E-state index contributed by atoms with van der Waals surface area (Å²) >= 11 is 0. The molecule has 0 bridgehead atoms. The van der Waals surface area contributed by atoms with Crippen molar-refractivity contribution in [2.75, 3.05) is 44.2 Å². The number of nitrogens with zero attached hydrogens (tertiary/aromatic N) is 3. The van der Waals surface area contributed by atoms with Crippen LogP contribution in [0.1, 0.15) is 40.0 Å². The second-order valence-corrected chi connectivity index (χ2v) is 9.08. The molecule has 3 rings (SSSR count). The third-order valence-electron chi connectivity index (χ3n) is 5.58. The Balaban J connectivity index is 1.40. The van der Waals surface area contributed by atoms with Crippen molar-refractivity contribution in [1.82, 2.24) is 15.1 Å². The first-order valence-corrected chi connectivity index (χ1v) is 11.1. The van der Waals surface area contributed by atoms with E-state index in [4.69, 9.17) is 4.74 Å². The van der Waals surface area contributed by atoms with Gasteiger partial charge in [0.2, 0.25) is 11.8 Å². The van der Waals surface area contributed by atoms with E-state index in [-0.39, 0.29) is 24.8 Å². The molecule has 8 nitrogen and oxygen atoms in total. The Labute approximate surface area is 184 Å². The number of carbonyl (C=O) groups is 3. The normalized spacial score (nSPS) is 19.3. The van der Waals surface area contributed by atoms with Crippen LogP contribution in [0.5, 0.6) is 0 Å². The zero-order chi connectivity index (χ0) is 22.4. The minimum absolute atomic E-state index is 0.0448. The standard InChI is InChI=1S/C23H34N4O4/c1-23(2,3)31-22(30)27-13-7-10-19(27)21(29)24-12-11-20(28)26-16-14-25(15-17-26)18-8-5-4-6-9-18/h4-6,8-9,19H,7,10-17H2,1-3H3,(H,24,29). The van der Waals surface area contributed by atoms with Crippen molar-refractivity contribution >= 4 is 23.6 Å². The van der Waals surface area contributed by atoms with E-state index in [2.05, 4.69) is 22.3 Å². The molecule has 0 aromatic heterocycles. The van der Waals surface area contributed by atoms with Gasteiger partial charge in [-0.2, -0.15) is 0 Å². The number of carbonyl (C=O) groups excluding carboxylic acids is 3. The van der Waals surface area contributed by atoms with Crippen LogP contribution in [0.25, 0.3) is 0 Å². The molecular weight excluding hydrogens is 396 g/mol. The van der Waals surface area contributed by atoms with E-state index in [0.717, 1.165) is 19.5 Å². The van der Waals surface area contributed by atoms with Crippen molar-refractivity contribution in [2.45, 2.75) is 51.7 Å². The maximum absolute atomic E-state index is 12.6. The highest BCUT2D eigenvalue weighted by Gasteiger charge is 2.36. The molecule has 2 fully saturated rings. The maximum Gasteiger partial charge on any atom is 0.410 e. The van der Waals surface area contributed by atoms with Gasteiger partial charge in [-0.25, -0.2) is 4.79 Å². The van der Waals surface area contributed by atoms with Crippen molar-refractivity contribution < 1.29 is 19.1 Å². The third-order valence-corrected chi connectivity index (χ3v) is 5.58. The minimum Gasteiger partial charge on any atom is -0.444 e. The Bertz CT molecular complexity index is 770. The molecule has 0 spiro atoms. The van der Waals surface area contributed by atoms with Crippen molar-refractivity contribution in [3.8, 4) is 0 Å². The number of rotatable bonds is 5. The molecule has 0 saturated carbocycles. The molecule has 1 unspecified atom stereocenters. The number of amides is 3. The van der Waals surface area contributed by atoms with Crippen LogP contribution >= 0.6 is 0 Å². The summed E-state index contributed by atoms with van der Waals surface area (Å²) < 4.78 is 5.41. The van der Waals surface area contributed by atoms with E-state index in [0.29, 0.717) is 26.1 Å². The van der Waals surface area contributed by atoms with Gasteiger partial charge in [0.15, 0.2) is 0 Å². The summed E-state index contributed by atoms with van der Waals surface area (Å²) in [5, 5.41) is 2.83. The molecule has 2 saturated heterocycles. The molecule has 0 radical (unpaired) electrons. The molecule has 1 aromatic rings. The maximum atomic E-state index is 12.6. The van der Waals surface area contributed by atoms with Crippen LogP contribution in [-0.2, 0) is 14.3 Å². The lowest BCUT2D eigenvalue weighted by Crippen LogP contribution is -2.50. The van der Waals surface area contributed by atoms with E-state index < -0.39 is 17.7 Å². The number of nitrogens with one attached hydrogen (secondary N) is 1. The SMILES string of the molecule is CC(C)(C)OC(=O)N1CCCC1C(=O)NCCC(=O)N1CCN(c2ccccc2)CC1. The fourth-order valence-electron chi connectivity index (χ4n) is 4.00. The molecule has 31 heavy (non-hydrogen) atoms. The fourth-order valence-corrected chi connectivity index (χ4v) is 4.00. The molecule has 1 aromatic carbocycles. The summed E-state index contributed by atoms with van der Waals surface area (Å²) in [5.74, 6) is -0.173. The van der Waals surface area contributed by atoms with Crippen LogP contribution < -0.4 is 10.2 Å². The van der Waals surface area contributed by atoms with Gasteiger partial charge < -0.3 is 19.9 Å². The minimum atomic E-state index is -0.600. The van der Waals surface area contributed by atoms with Crippen molar-refractivity contribution in [2.24, 2.45) is 0 Å². The lowest BCUT2D eigenvalue weighted by atomic mass is 10.2. The smallest absolute Gasteiger partial charge is 0.410 e. The topological polar surface area (TPSA) is 82.2 Å². The first kappa shape index (κ1) is 22.9. The Morgan fingerprint density at radius 1 is 1.03 bits per heavy atom. The Kier molecular flexibility index (Phi) is 7.41. The number of piperazine rings is 1. The fraction of sp³-hybridized carbons (Fsp3) is 0.609. The van der Waals surface area contributed by atoms with E-state index in [9.17, 15) is 14.4 Å². The highest BCUT2D eigenvalue weighted by Crippen LogP contribution is 2.21. The molecule has 2 aliphatic rings. The summed E-state index contributed by atoms with van der Waals surface area (Å²) in [6.45, 7) is 9.16. The van der Waals surface area contributed by atoms with E-state index in [1.54, 1.807) is 20.8 Å². The van der Waals surface area contributed by atoms with E-state index >= 15 is 0 Å². The van der Waals surface area contributed by atoms with Gasteiger partial charge in [0.05, 0.1) is 0 Å². The number of likely N-dealkylation sites (tertiary alicyclic amines) is 1. The molecule has 3 amide bonds. The lowest BCUT2D eigenvalue weighted by Gasteiger charge is -2.36. The second-order valence-electron chi connectivity index (χ2n) is 9.08.